The van der Waals surface area contributed by atoms with E-state index in [1.807, 2.05) is 0 Å². The lowest BCUT2D eigenvalue weighted by molar-refractivity contribution is -0.181. The van der Waals surface area contributed by atoms with E-state index >= 15 is 0 Å². The van der Waals surface area contributed by atoms with E-state index in [0.29, 0.717) is 0 Å². The van der Waals surface area contributed by atoms with Gasteiger partial charge in [0.2, 0.25) is 0 Å². The molecule has 0 saturated carbocycles. The van der Waals surface area contributed by atoms with Crippen molar-refractivity contribution in [2.75, 3.05) is 6.61 Å². The Morgan fingerprint density at radius 1 is 1.00 bits per heavy atom. The first-order chi connectivity index (χ1) is 5.00. The Bertz CT molecular complexity index is 46.9. The first kappa shape index (κ1) is 8.15. The largest absolute Gasteiger partial charge is 0.325 e. The van der Waals surface area contributed by atoms with Crippen molar-refractivity contribution in [2.24, 2.45) is 0 Å². The first-order valence-electron chi connectivity index (χ1n) is 4.24. The van der Waals surface area contributed by atoms with Crippen molar-refractivity contribution in [2.45, 2.75) is 31.8 Å². The quantitative estimate of drug-likeness (QED) is 0.365. The summed E-state index contributed by atoms with van der Waals surface area (Å²) in [4.78, 5) is 8.89. The van der Waals surface area contributed by atoms with Crippen LogP contribution in [0, 0.1) is 0 Å². The minimum Gasteiger partial charge on any atom is -0.310 e. The van der Waals surface area contributed by atoms with Gasteiger partial charge in [-0.25, -0.2) is 0 Å². The molecule has 0 aromatic carbocycles. The highest BCUT2D eigenvalue weighted by molar-refractivity contribution is 6.36. The summed E-state index contributed by atoms with van der Waals surface area (Å²) in [5.74, 6) is 0. The fraction of sp³-hybridized carbons (Fsp3) is 1.00. The molecule has 0 amide bonds. The minimum absolute atomic E-state index is 0.778. The third-order valence-corrected chi connectivity index (χ3v) is 1.79. The van der Waals surface area contributed by atoms with E-state index in [2.05, 4.69) is 9.69 Å². The molecule has 0 radical (unpaired) electrons. The molecule has 2 nitrogen and oxygen atoms in total. The maximum atomic E-state index is 4.44. The lowest BCUT2D eigenvalue weighted by Gasteiger charge is -1.79. The van der Waals surface area contributed by atoms with Crippen LogP contribution in [0.2, 0.25) is 19.0 Å². The average Bonchev–Trinajstić information content (AvgIpc) is 2.67. The molecule has 2 heterocycles. The monoisotopic (exact) mass is 140 g/mol. The molecular formula is C6H14B2O2. The molecule has 0 atom stereocenters. The molecule has 2 aliphatic heterocycles. The summed E-state index contributed by atoms with van der Waals surface area (Å²) >= 11 is 0. The Hall–Kier alpha value is 0.0499. The number of rotatable bonds is 0. The molecule has 2 saturated heterocycles. The van der Waals surface area contributed by atoms with Crippen LogP contribution in [0.4, 0.5) is 0 Å². The van der Waals surface area contributed by atoms with Gasteiger partial charge < -0.3 is 4.81 Å². The van der Waals surface area contributed by atoms with Gasteiger partial charge in [0.25, 0.3) is 0 Å². The highest BCUT2D eigenvalue weighted by atomic mass is 17.2. The number of hydrogen-bond acceptors (Lipinski definition) is 2. The molecule has 0 unspecified atom stereocenters. The van der Waals surface area contributed by atoms with Crippen LogP contribution in [0.5, 0.6) is 0 Å². The van der Waals surface area contributed by atoms with Gasteiger partial charge in [0.1, 0.15) is 7.28 Å². The summed E-state index contributed by atoms with van der Waals surface area (Å²) in [5.41, 5.74) is 0. The van der Waals surface area contributed by atoms with Gasteiger partial charge in [-0.05, 0) is 6.32 Å². The highest BCUT2D eigenvalue weighted by Crippen LogP contribution is 2.09. The summed E-state index contributed by atoms with van der Waals surface area (Å²) in [6.07, 6.45) is 7.06. The van der Waals surface area contributed by atoms with Gasteiger partial charge in [0.05, 0.1) is 6.61 Å². The second-order valence-corrected chi connectivity index (χ2v) is 2.77. The van der Waals surface area contributed by atoms with Crippen molar-refractivity contribution >= 4 is 14.8 Å². The smallest absolute Gasteiger partial charge is 0.310 e. The van der Waals surface area contributed by atoms with E-state index in [0.717, 1.165) is 20.4 Å². The molecule has 0 aromatic heterocycles. The third-order valence-electron chi connectivity index (χ3n) is 1.79. The standard InChI is InChI=1S/C4H9B.C2H5BO2/c2*1-2-4-5-3-1/h5H,1-4H2;3H,1-2H2. The molecule has 0 bridgehead atoms. The van der Waals surface area contributed by atoms with Gasteiger partial charge in [0, 0.05) is 0 Å². The summed E-state index contributed by atoms with van der Waals surface area (Å²) in [6.45, 7) is 0.778. The lowest BCUT2D eigenvalue weighted by atomic mass is 9.77. The maximum Gasteiger partial charge on any atom is 0.325 e. The van der Waals surface area contributed by atoms with Gasteiger partial charge in [0.15, 0.2) is 0 Å². The fourth-order valence-electron chi connectivity index (χ4n) is 1.18. The summed E-state index contributed by atoms with van der Waals surface area (Å²) in [7, 11) is 2.28. The normalized spacial score (nSPS) is 22.4. The van der Waals surface area contributed by atoms with Crippen LogP contribution in [-0.4, -0.2) is 21.4 Å². The first-order valence-corrected chi connectivity index (χ1v) is 4.24. The van der Waals surface area contributed by atoms with Crippen molar-refractivity contribution in [1.29, 1.82) is 0 Å². The Morgan fingerprint density at radius 2 is 1.80 bits per heavy atom. The SMILES string of the molecule is B1CCCC1.B1CCOO1. The molecule has 56 valence electrons. The second-order valence-electron chi connectivity index (χ2n) is 2.77. The van der Waals surface area contributed by atoms with E-state index < -0.39 is 0 Å². The van der Waals surface area contributed by atoms with Gasteiger partial charge in [-0.3, -0.25) is 4.89 Å². The highest BCUT2D eigenvalue weighted by Gasteiger charge is 1.99. The van der Waals surface area contributed by atoms with Crippen LogP contribution < -0.4 is 0 Å². The average molecular weight is 140 g/mol. The van der Waals surface area contributed by atoms with Crippen LogP contribution in [0.25, 0.3) is 0 Å². The Balaban J connectivity index is 0.0000001000. The van der Waals surface area contributed by atoms with E-state index in [4.69, 9.17) is 0 Å². The molecular weight excluding hydrogens is 126 g/mol. The molecule has 10 heavy (non-hydrogen) atoms. The van der Waals surface area contributed by atoms with E-state index in [1.54, 1.807) is 0 Å². The van der Waals surface area contributed by atoms with Crippen molar-refractivity contribution in [3.05, 3.63) is 0 Å². The molecule has 2 fully saturated rings. The summed E-state index contributed by atoms with van der Waals surface area (Å²) < 4.78 is 0. The van der Waals surface area contributed by atoms with Crippen LogP contribution in [0.15, 0.2) is 0 Å². The van der Waals surface area contributed by atoms with Crippen LogP contribution in [0.3, 0.4) is 0 Å². The lowest BCUT2D eigenvalue weighted by Crippen LogP contribution is -1.78. The zero-order valence-electron chi connectivity index (χ0n) is 6.47. The third kappa shape index (κ3) is 3.96. The molecule has 0 spiro atoms. The summed E-state index contributed by atoms with van der Waals surface area (Å²) in [6, 6.07) is 0. The van der Waals surface area contributed by atoms with E-state index in [1.165, 1.54) is 32.8 Å². The van der Waals surface area contributed by atoms with Crippen molar-refractivity contribution in [1.82, 2.24) is 0 Å². The molecule has 2 aliphatic rings. The topological polar surface area (TPSA) is 18.5 Å². The Morgan fingerprint density at radius 3 is 2.00 bits per heavy atom. The second kappa shape index (κ2) is 5.81. The van der Waals surface area contributed by atoms with E-state index in [-0.39, 0.29) is 0 Å². The Labute approximate surface area is 63.7 Å². The molecule has 0 aromatic rings. The number of hydrogen-bond donors (Lipinski definition) is 0. The van der Waals surface area contributed by atoms with Crippen molar-refractivity contribution in [3.63, 3.8) is 0 Å². The predicted molar refractivity (Wildman–Crippen MR) is 45.0 cm³/mol. The zero-order valence-corrected chi connectivity index (χ0v) is 6.47. The maximum absolute atomic E-state index is 4.44. The molecule has 4 heteroatoms. The predicted octanol–water partition coefficient (Wildman–Crippen LogP) is 0.771. The minimum atomic E-state index is 0.778. The zero-order chi connectivity index (χ0) is 7.07. The van der Waals surface area contributed by atoms with Crippen molar-refractivity contribution in [3.8, 4) is 0 Å². The van der Waals surface area contributed by atoms with Gasteiger partial charge in [-0.15, -0.1) is 0 Å². The van der Waals surface area contributed by atoms with Gasteiger partial charge >= 0.3 is 7.48 Å². The molecule has 0 aliphatic carbocycles. The Kier molecular flexibility index (Phi) is 4.73. The molecule has 0 N–H and O–H groups in total. The summed E-state index contributed by atoms with van der Waals surface area (Å²) in [5, 5.41) is 0. The van der Waals surface area contributed by atoms with Crippen LogP contribution >= 0.6 is 0 Å². The molecule has 2 rings (SSSR count). The fourth-order valence-corrected chi connectivity index (χ4v) is 1.18. The van der Waals surface area contributed by atoms with E-state index in [9.17, 15) is 0 Å². The van der Waals surface area contributed by atoms with Crippen LogP contribution in [0.1, 0.15) is 12.8 Å². The van der Waals surface area contributed by atoms with Crippen molar-refractivity contribution < 1.29 is 9.69 Å². The van der Waals surface area contributed by atoms with Crippen LogP contribution in [-0.2, 0) is 9.69 Å². The van der Waals surface area contributed by atoms with Gasteiger partial charge in [-0.1, -0.05) is 25.5 Å². The van der Waals surface area contributed by atoms with Gasteiger partial charge in [-0.2, -0.15) is 0 Å².